The summed E-state index contributed by atoms with van der Waals surface area (Å²) in [6, 6.07) is 9.89. The van der Waals surface area contributed by atoms with Crippen LogP contribution in [0.1, 0.15) is 37.0 Å². The highest BCUT2D eigenvalue weighted by Crippen LogP contribution is 2.28. The summed E-state index contributed by atoms with van der Waals surface area (Å²) in [5, 5.41) is 3.39. The van der Waals surface area contributed by atoms with Crippen LogP contribution in [0.3, 0.4) is 0 Å². The molecule has 178 valence electrons. The number of hydrazine groups is 1. The molecule has 3 N–H and O–H groups in total. The zero-order valence-corrected chi connectivity index (χ0v) is 22.0. The summed E-state index contributed by atoms with van der Waals surface area (Å²) in [7, 11) is 0. The number of hydrogen-bond donors (Lipinski definition) is 3. The normalized spacial score (nSPS) is 10.5. The van der Waals surface area contributed by atoms with Crippen LogP contribution in [0.15, 0.2) is 40.9 Å². The maximum absolute atomic E-state index is 12.4. The first kappa shape index (κ1) is 27.2. The molecule has 0 spiro atoms. The average Bonchev–Trinajstić information content (AvgIpc) is 2.75. The van der Waals surface area contributed by atoms with Gasteiger partial charge in [0.25, 0.3) is 5.91 Å². The number of nitrogens with one attached hydrogen (secondary N) is 3. The highest BCUT2D eigenvalue weighted by atomic mass is 79.9. The highest BCUT2D eigenvalue weighted by molar-refractivity contribution is 9.10. The molecule has 0 aliphatic rings. The van der Waals surface area contributed by atoms with Crippen LogP contribution in [-0.2, 0) is 4.79 Å². The van der Waals surface area contributed by atoms with Crippen molar-refractivity contribution in [3.05, 3.63) is 56.5 Å². The Morgan fingerprint density at radius 3 is 2.45 bits per heavy atom. The third kappa shape index (κ3) is 9.75. The quantitative estimate of drug-likeness (QED) is 0.214. The summed E-state index contributed by atoms with van der Waals surface area (Å²) in [4.78, 5) is 24.3. The summed E-state index contributed by atoms with van der Waals surface area (Å²) in [6.45, 7) is 4.96. The summed E-state index contributed by atoms with van der Waals surface area (Å²) < 4.78 is 11.9. The summed E-state index contributed by atoms with van der Waals surface area (Å²) >= 11 is 20.3. The molecular formula is C22H24BrCl2N3O4S. The van der Waals surface area contributed by atoms with Crippen molar-refractivity contribution in [2.45, 2.75) is 26.7 Å². The molecule has 0 radical (unpaired) electrons. The molecule has 0 aromatic heterocycles. The number of benzene rings is 2. The minimum absolute atomic E-state index is 0.0335. The molecule has 33 heavy (non-hydrogen) atoms. The molecule has 2 aromatic rings. The Morgan fingerprint density at radius 1 is 1.06 bits per heavy atom. The maximum Gasteiger partial charge on any atom is 0.257 e. The molecule has 2 aromatic carbocycles. The number of carbonyl (C=O) groups excluding carboxylic acids is 2. The second-order valence-corrected chi connectivity index (χ2v) is 9.44. The van der Waals surface area contributed by atoms with E-state index >= 15 is 0 Å². The second kappa shape index (κ2) is 13.6. The van der Waals surface area contributed by atoms with Crippen molar-refractivity contribution in [1.82, 2.24) is 16.2 Å². The van der Waals surface area contributed by atoms with Crippen LogP contribution >= 0.6 is 51.3 Å². The van der Waals surface area contributed by atoms with Gasteiger partial charge in [-0.15, -0.1) is 0 Å². The number of ether oxygens (including phenoxy) is 2. The molecule has 0 bridgehead atoms. The van der Waals surface area contributed by atoms with Crippen LogP contribution in [0.25, 0.3) is 0 Å². The van der Waals surface area contributed by atoms with Gasteiger partial charge in [-0.25, -0.2) is 0 Å². The van der Waals surface area contributed by atoms with Crippen molar-refractivity contribution in [3.8, 4) is 11.5 Å². The zero-order chi connectivity index (χ0) is 24.4. The fourth-order valence-corrected chi connectivity index (χ4v) is 3.52. The number of hydrogen-bond acceptors (Lipinski definition) is 5. The number of thiocarbonyl (C=S) groups is 1. The molecule has 0 heterocycles. The van der Waals surface area contributed by atoms with Crippen molar-refractivity contribution in [2.75, 3.05) is 13.2 Å². The first-order chi connectivity index (χ1) is 15.7. The predicted molar refractivity (Wildman–Crippen MR) is 137 cm³/mol. The summed E-state index contributed by atoms with van der Waals surface area (Å²) in [5.74, 6) is 0.788. The van der Waals surface area contributed by atoms with Gasteiger partial charge in [0.1, 0.15) is 11.5 Å². The average molecular weight is 577 g/mol. The number of carbonyl (C=O) groups is 2. The lowest BCUT2D eigenvalue weighted by Crippen LogP contribution is -2.48. The maximum atomic E-state index is 12.4. The SMILES string of the molecule is CC(C)COc1ccc(C(=O)NC(=S)NNC(=O)CCCOc2ccc(Cl)cc2Cl)cc1Br. The van der Waals surface area contributed by atoms with E-state index in [2.05, 4.69) is 32.1 Å². The Balaban J connectivity index is 1.69. The van der Waals surface area contributed by atoms with Gasteiger partial charge in [0.05, 0.1) is 22.7 Å². The van der Waals surface area contributed by atoms with E-state index in [0.717, 1.165) is 0 Å². The van der Waals surface area contributed by atoms with E-state index in [4.69, 9.17) is 44.9 Å². The second-order valence-electron chi connectivity index (χ2n) is 7.33. The van der Waals surface area contributed by atoms with E-state index in [1.165, 1.54) is 0 Å². The molecular weight excluding hydrogens is 553 g/mol. The summed E-state index contributed by atoms with van der Waals surface area (Å²) in [6.07, 6.45) is 0.629. The smallest absolute Gasteiger partial charge is 0.257 e. The predicted octanol–water partition coefficient (Wildman–Crippen LogP) is 5.29. The zero-order valence-electron chi connectivity index (χ0n) is 18.0. The van der Waals surface area contributed by atoms with Crippen LogP contribution in [0.2, 0.25) is 10.0 Å². The third-order valence-corrected chi connectivity index (χ3v) is 5.36. The topological polar surface area (TPSA) is 88.7 Å². The van der Waals surface area contributed by atoms with Gasteiger partial charge < -0.3 is 9.47 Å². The number of halogens is 3. The van der Waals surface area contributed by atoms with E-state index in [9.17, 15) is 9.59 Å². The fraction of sp³-hybridized carbons (Fsp3) is 0.318. The van der Waals surface area contributed by atoms with Crippen molar-refractivity contribution in [1.29, 1.82) is 0 Å². The standard InChI is InChI=1S/C22H24BrCl2N3O4S/c1-13(2)12-32-18-7-5-14(10-16(18)23)21(30)26-22(33)28-27-20(29)4-3-9-31-19-8-6-15(24)11-17(19)25/h5-8,10-11,13H,3-4,9,12H2,1-2H3,(H,27,29)(H2,26,28,30,33). The molecule has 0 aliphatic carbocycles. The molecule has 0 fully saturated rings. The molecule has 2 rings (SSSR count). The molecule has 11 heteroatoms. The van der Waals surface area contributed by atoms with Crippen LogP contribution in [-0.4, -0.2) is 30.1 Å². The van der Waals surface area contributed by atoms with Crippen molar-refractivity contribution in [2.24, 2.45) is 5.92 Å². The van der Waals surface area contributed by atoms with Crippen LogP contribution in [0.5, 0.6) is 11.5 Å². The van der Waals surface area contributed by atoms with Crippen molar-refractivity contribution < 1.29 is 19.1 Å². The third-order valence-electron chi connectivity index (χ3n) is 4.01. The van der Waals surface area contributed by atoms with Gasteiger partial charge in [0, 0.05) is 17.0 Å². The number of amides is 2. The van der Waals surface area contributed by atoms with Gasteiger partial charge >= 0.3 is 0 Å². The lowest BCUT2D eigenvalue weighted by atomic mass is 10.2. The lowest BCUT2D eigenvalue weighted by molar-refractivity contribution is -0.121. The minimum Gasteiger partial charge on any atom is -0.492 e. The molecule has 2 amide bonds. The Kier molecular flexibility index (Phi) is 11.2. The summed E-state index contributed by atoms with van der Waals surface area (Å²) in [5.41, 5.74) is 5.32. The van der Waals surface area contributed by atoms with Gasteiger partial charge in [0.2, 0.25) is 5.91 Å². The lowest BCUT2D eigenvalue weighted by Gasteiger charge is -2.13. The van der Waals surface area contributed by atoms with Crippen LogP contribution < -0.4 is 25.6 Å². The molecule has 0 atom stereocenters. The Bertz CT molecular complexity index is 1010. The van der Waals surface area contributed by atoms with Gasteiger partial charge in [-0.1, -0.05) is 37.0 Å². The van der Waals surface area contributed by atoms with E-state index in [1.807, 2.05) is 13.8 Å². The van der Waals surface area contributed by atoms with E-state index < -0.39 is 5.91 Å². The first-order valence-electron chi connectivity index (χ1n) is 10.1. The molecule has 0 unspecified atom stereocenters. The Hall–Kier alpha value is -2.07. The largest absolute Gasteiger partial charge is 0.492 e. The van der Waals surface area contributed by atoms with E-state index in [1.54, 1.807) is 36.4 Å². The van der Waals surface area contributed by atoms with Crippen LogP contribution in [0.4, 0.5) is 0 Å². The first-order valence-corrected chi connectivity index (χ1v) is 12.0. The Labute approximate surface area is 216 Å². The minimum atomic E-state index is -0.425. The van der Waals surface area contributed by atoms with Crippen LogP contribution in [0, 0.1) is 5.92 Å². The van der Waals surface area contributed by atoms with E-state index in [-0.39, 0.29) is 17.4 Å². The monoisotopic (exact) mass is 575 g/mol. The molecule has 7 nitrogen and oxygen atoms in total. The Morgan fingerprint density at radius 2 is 1.79 bits per heavy atom. The van der Waals surface area contributed by atoms with Gasteiger partial charge in [0.15, 0.2) is 5.11 Å². The van der Waals surface area contributed by atoms with Gasteiger partial charge in [-0.2, -0.15) is 0 Å². The van der Waals surface area contributed by atoms with Gasteiger partial charge in [-0.05, 0) is 76.9 Å². The fourth-order valence-electron chi connectivity index (χ4n) is 2.42. The number of rotatable bonds is 9. The van der Waals surface area contributed by atoms with Crippen molar-refractivity contribution in [3.63, 3.8) is 0 Å². The molecule has 0 aliphatic heterocycles. The molecule has 0 saturated heterocycles. The van der Waals surface area contributed by atoms with Crippen molar-refractivity contribution >= 4 is 68.3 Å². The highest BCUT2D eigenvalue weighted by Gasteiger charge is 2.12. The molecule has 0 saturated carbocycles. The van der Waals surface area contributed by atoms with E-state index in [0.29, 0.717) is 57.1 Å². The van der Waals surface area contributed by atoms with Gasteiger partial charge in [-0.3, -0.25) is 25.8 Å².